The number of ether oxygens (including phenoxy) is 1. The van der Waals surface area contributed by atoms with Gasteiger partial charge in [-0.1, -0.05) is 12.1 Å². The number of phenolic OH excluding ortho intramolecular Hbond substituents is 2. The number of amides is 1. The summed E-state index contributed by atoms with van der Waals surface area (Å²) in [6.45, 7) is 0.479. The van der Waals surface area contributed by atoms with E-state index in [4.69, 9.17) is 4.74 Å². The Morgan fingerprint density at radius 3 is 2.43 bits per heavy atom. The van der Waals surface area contributed by atoms with Crippen LogP contribution in [0.5, 0.6) is 17.2 Å². The zero-order valence-corrected chi connectivity index (χ0v) is 11.7. The molecule has 3 N–H and O–H groups in total. The smallest absolute Gasteiger partial charge is 0.251 e. The molecule has 0 radical (unpaired) electrons. The summed E-state index contributed by atoms with van der Waals surface area (Å²) in [4.78, 5) is 11.9. The Morgan fingerprint density at radius 1 is 1.10 bits per heavy atom. The van der Waals surface area contributed by atoms with E-state index < -0.39 is 0 Å². The van der Waals surface area contributed by atoms with E-state index in [2.05, 4.69) is 5.32 Å². The first-order valence-corrected chi connectivity index (χ1v) is 6.53. The van der Waals surface area contributed by atoms with Gasteiger partial charge in [-0.05, 0) is 42.3 Å². The van der Waals surface area contributed by atoms with E-state index in [-0.39, 0.29) is 17.4 Å². The van der Waals surface area contributed by atoms with Gasteiger partial charge in [-0.15, -0.1) is 0 Å². The van der Waals surface area contributed by atoms with E-state index in [0.717, 1.165) is 11.3 Å². The summed E-state index contributed by atoms with van der Waals surface area (Å²) < 4.78 is 5.08. The third-order valence-electron chi connectivity index (χ3n) is 3.10. The van der Waals surface area contributed by atoms with Crippen molar-refractivity contribution in [2.24, 2.45) is 0 Å². The Kier molecular flexibility index (Phi) is 4.66. The van der Waals surface area contributed by atoms with Crippen molar-refractivity contribution in [1.82, 2.24) is 5.32 Å². The van der Waals surface area contributed by atoms with Crippen molar-refractivity contribution in [1.29, 1.82) is 0 Å². The average Bonchev–Trinajstić information content (AvgIpc) is 2.50. The molecule has 0 aromatic heterocycles. The van der Waals surface area contributed by atoms with Crippen molar-refractivity contribution >= 4 is 5.91 Å². The lowest BCUT2D eigenvalue weighted by Gasteiger charge is -2.07. The maximum absolute atomic E-state index is 11.9. The summed E-state index contributed by atoms with van der Waals surface area (Å²) in [5.74, 6) is -0.0521. The summed E-state index contributed by atoms with van der Waals surface area (Å²) in [6, 6.07) is 11.6. The molecule has 0 atom stereocenters. The molecule has 0 unspecified atom stereocenters. The molecule has 2 aromatic carbocycles. The highest BCUT2D eigenvalue weighted by molar-refractivity contribution is 5.94. The average molecular weight is 287 g/mol. The molecule has 0 aliphatic rings. The van der Waals surface area contributed by atoms with E-state index in [1.54, 1.807) is 7.11 Å². The second-order valence-electron chi connectivity index (χ2n) is 4.56. The monoisotopic (exact) mass is 287 g/mol. The van der Waals surface area contributed by atoms with E-state index in [0.29, 0.717) is 18.5 Å². The van der Waals surface area contributed by atoms with Crippen LogP contribution < -0.4 is 10.1 Å². The summed E-state index contributed by atoms with van der Waals surface area (Å²) in [5, 5.41) is 21.3. The Morgan fingerprint density at radius 2 is 1.81 bits per heavy atom. The van der Waals surface area contributed by atoms with E-state index in [9.17, 15) is 15.0 Å². The van der Waals surface area contributed by atoms with Gasteiger partial charge < -0.3 is 20.3 Å². The molecule has 5 nitrogen and oxygen atoms in total. The van der Waals surface area contributed by atoms with Crippen LogP contribution in [0.3, 0.4) is 0 Å². The molecule has 0 heterocycles. The van der Waals surface area contributed by atoms with Gasteiger partial charge in [0.25, 0.3) is 5.91 Å². The van der Waals surface area contributed by atoms with Gasteiger partial charge in [0.15, 0.2) is 11.5 Å². The standard InChI is InChI=1S/C16H17NO4/c1-21-13-5-2-11(3-6-13)8-9-17-16(20)12-4-7-14(18)15(19)10-12/h2-7,10,18-19H,8-9H2,1H3,(H,17,20). The largest absolute Gasteiger partial charge is 0.504 e. The van der Waals surface area contributed by atoms with Crippen LogP contribution in [0.4, 0.5) is 0 Å². The number of hydrogen-bond acceptors (Lipinski definition) is 4. The number of methoxy groups -OCH3 is 1. The molecule has 0 spiro atoms. The summed E-state index contributed by atoms with van der Waals surface area (Å²) in [5.41, 5.74) is 1.39. The van der Waals surface area contributed by atoms with Crippen LogP contribution >= 0.6 is 0 Å². The van der Waals surface area contributed by atoms with Crippen molar-refractivity contribution in [3.8, 4) is 17.2 Å². The molecule has 0 saturated heterocycles. The number of benzene rings is 2. The van der Waals surface area contributed by atoms with Gasteiger partial charge in [-0.2, -0.15) is 0 Å². The fraction of sp³-hybridized carbons (Fsp3) is 0.188. The number of phenols is 2. The minimum Gasteiger partial charge on any atom is -0.504 e. The molecule has 110 valence electrons. The minimum atomic E-state index is -0.308. The fourth-order valence-corrected chi connectivity index (χ4v) is 1.88. The van der Waals surface area contributed by atoms with Crippen LogP contribution in [-0.2, 0) is 6.42 Å². The number of carbonyl (C=O) groups excluding carboxylic acids is 1. The Balaban J connectivity index is 1.87. The molecule has 1 amide bonds. The van der Waals surface area contributed by atoms with Gasteiger partial charge >= 0.3 is 0 Å². The van der Waals surface area contributed by atoms with Crippen molar-refractivity contribution in [2.45, 2.75) is 6.42 Å². The summed E-state index contributed by atoms with van der Waals surface area (Å²) >= 11 is 0. The molecule has 0 saturated carbocycles. The van der Waals surface area contributed by atoms with Gasteiger partial charge in [-0.25, -0.2) is 0 Å². The minimum absolute atomic E-state index is 0.246. The van der Waals surface area contributed by atoms with Crippen LogP contribution in [0.15, 0.2) is 42.5 Å². The molecule has 21 heavy (non-hydrogen) atoms. The third kappa shape index (κ3) is 3.89. The summed E-state index contributed by atoms with van der Waals surface area (Å²) in [6.07, 6.45) is 0.694. The Bertz CT molecular complexity index is 623. The van der Waals surface area contributed by atoms with Crippen molar-refractivity contribution < 1.29 is 19.7 Å². The Labute approximate surface area is 122 Å². The molecule has 0 bridgehead atoms. The van der Waals surface area contributed by atoms with Crippen LogP contribution in [0.2, 0.25) is 0 Å². The topological polar surface area (TPSA) is 78.8 Å². The second-order valence-corrected chi connectivity index (χ2v) is 4.56. The zero-order chi connectivity index (χ0) is 15.2. The lowest BCUT2D eigenvalue weighted by molar-refractivity contribution is 0.0953. The molecule has 5 heteroatoms. The second kappa shape index (κ2) is 6.65. The van der Waals surface area contributed by atoms with Gasteiger partial charge in [-0.3, -0.25) is 4.79 Å². The van der Waals surface area contributed by atoms with Crippen LogP contribution in [-0.4, -0.2) is 29.8 Å². The SMILES string of the molecule is COc1ccc(CCNC(=O)c2ccc(O)c(O)c2)cc1. The molecule has 2 aromatic rings. The normalized spacial score (nSPS) is 10.1. The molecule has 0 aliphatic heterocycles. The lowest BCUT2D eigenvalue weighted by atomic mass is 10.1. The molecular formula is C16H17NO4. The van der Waals surface area contributed by atoms with Crippen LogP contribution in [0.25, 0.3) is 0 Å². The predicted octanol–water partition coefficient (Wildman–Crippen LogP) is 2.08. The van der Waals surface area contributed by atoms with Gasteiger partial charge in [0, 0.05) is 12.1 Å². The van der Waals surface area contributed by atoms with Crippen LogP contribution in [0, 0.1) is 0 Å². The Hall–Kier alpha value is -2.69. The van der Waals surface area contributed by atoms with E-state index >= 15 is 0 Å². The number of aromatic hydroxyl groups is 2. The lowest BCUT2D eigenvalue weighted by Crippen LogP contribution is -2.25. The first-order chi connectivity index (χ1) is 10.1. The molecule has 2 rings (SSSR count). The number of nitrogens with one attached hydrogen (secondary N) is 1. The quantitative estimate of drug-likeness (QED) is 0.736. The fourth-order valence-electron chi connectivity index (χ4n) is 1.88. The number of carbonyl (C=O) groups is 1. The molecule has 0 aliphatic carbocycles. The van der Waals surface area contributed by atoms with E-state index in [1.165, 1.54) is 18.2 Å². The summed E-state index contributed by atoms with van der Waals surface area (Å²) in [7, 11) is 1.61. The highest BCUT2D eigenvalue weighted by atomic mass is 16.5. The highest BCUT2D eigenvalue weighted by Gasteiger charge is 2.08. The van der Waals surface area contributed by atoms with Crippen LogP contribution in [0.1, 0.15) is 15.9 Å². The first-order valence-electron chi connectivity index (χ1n) is 6.53. The predicted molar refractivity (Wildman–Crippen MR) is 78.8 cm³/mol. The van der Waals surface area contributed by atoms with Crippen molar-refractivity contribution in [3.63, 3.8) is 0 Å². The molecular weight excluding hydrogens is 270 g/mol. The molecule has 0 fully saturated rings. The maximum Gasteiger partial charge on any atom is 0.251 e. The van der Waals surface area contributed by atoms with Gasteiger partial charge in [0.2, 0.25) is 0 Å². The van der Waals surface area contributed by atoms with Crippen molar-refractivity contribution in [3.05, 3.63) is 53.6 Å². The highest BCUT2D eigenvalue weighted by Crippen LogP contribution is 2.24. The first kappa shape index (κ1) is 14.7. The number of rotatable bonds is 5. The van der Waals surface area contributed by atoms with Gasteiger partial charge in [0.05, 0.1) is 7.11 Å². The zero-order valence-electron chi connectivity index (χ0n) is 11.7. The third-order valence-corrected chi connectivity index (χ3v) is 3.10. The maximum atomic E-state index is 11.9. The van der Waals surface area contributed by atoms with Gasteiger partial charge in [0.1, 0.15) is 5.75 Å². The van der Waals surface area contributed by atoms with E-state index in [1.807, 2.05) is 24.3 Å². The number of hydrogen-bond donors (Lipinski definition) is 3. The van der Waals surface area contributed by atoms with Crippen molar-refractivity contribution in [2.75, 3.05) is 13.7 Å².